The molecule has 170 valence electrons. The van der Waals surface area contributed by atoms with E-state index in [4.69, 9.17) is 5.73 Å². The van der Waals surface area contributed by atoms with Crippen molar-refractivity contribution in [1.82, 2.24) is 9.88 Å². The Balaban J connectivity index is 1.87. The van der Waals surface area contributed by atoms with E-state index < -0.39 is 41.3 Å². The van der Waals surface area contributed by atoms with Crippen molar-refractivity contribution in [1.29, 1.82) is 0 Å². The first kappa shape index (κ1) is 23.2. The lowest BCUT2D eigenvalue weighted by atomic mass is 9.89. The van der Waals surface area contributed by atoms with E-state index in [1.807, 2.05) is 6.92 Å². The van der Waals surface area contributed by atoms with Gasteiger partial charge in [0.25, 0.3) is 0 Å². The summed E-state index contributed by atoms with van der Waals surface area (Å²) in [7, 11) is 0. The Hall–Kier alpha value is -3.50. The molecule has 0 unspecified atom stereocenters. The number of hydrogen-bond acceptors (Lipinski definition) is 4. The largest absolute Gasteiger partial charge is 0.419 e. The number of likely N-dealkylation sites (tertiary alicyclic amines) is 1. The van der Waals surface area contributed by atoms with Crippen LogP contribution in [0.1, 0.15) is 47.3 Å². The van der Waals surface area contributed by atoms with Gasteiger partial charge in [-0.2, -0.15) is 13.2 Å². The molecule has 1 aromatic heterocycles. The van der Waals surface area contributed by atoms with Gasteiger partial charge < -0.3 is 16.0 Å². The van der Waals surface area contributed by atoms with E-state index in [0.29, 0.717) is 25.0 Å². The minimum atomic E-state index is -4.90. The number of carbonyl (C=O) groups is 3. The second-order valence-corrected chi connectivity index (χ2v) is 7.67. The molecule has 0 saturated carbocycles. The van der Waals surface area contributed by atoms with Gasteiger partial charge in [0.1, 0.15) is 5.82 Å². The van der Waals surface area contributed by atoms with Crippen molar-refractivity contribution < 1.29 is 31.9 Å². The van der Waals surface area contributed by atoms with Crippen LogP contribution in [0.4, 0.5) is 23.2 Å². The van der Waals surface area contributed by atoms with E-state index in [2.05, 4.69) is 10.3 Å². The maximum absolute atomic E-state index is 13.7. The number of carbonyl (C=O) groups excluding carboxylic acids is 3. The minimum Gasteiger partial charge on any atom is -0.366 e. The summed E-state index contributed by atoms with van der Waals surface area (Å²) in [6, 6.07) is 2.98. The molecule has 1 saturated heterocycles. The predicted octanol–water partition coefficient (Wildman–Crippen LogP) is 3.28. The fraction of sp³-hybridized carbons (Fsp3) is 0.333. The fourth-order valence-electron chi connectivity index (χ4n) is 3.65. The van der Waals surface area contributed by atoms with Crippen LogP contribution < -0.4 is 11.1 Å². The van der Waals surface area contributed by atoms with Crippen molar-refractivity contribution in [3.63, 3.8) is 0 Å². The van der Waals surface area contributed by atoms with Crippen LogP contribution in [0.2, 0.25) is 0 Å². The lowest BCUT2D eigenvalue weighted by molar-refractivity contribution is -0.146. The molecule has 32 heavy (non-hydrogen) atoms. The zero-order valence-electron chi connectivity index (χ0n) is 16.9. The van der Waals surface area contributed by atoms with Crippen LogP contribution >= 0.6 is 0 Å². The van der Waals surface area contributed by atoms with Gasteiger partial charge in [0.2, 0.25) is 5.91 Å². The Kier molecular flexibility index (Phi) is 6.47. The maximum atomic E-state index is 13.7. The molecular weight excluding hydrogens is 432 g/mol. The van der Waals surface area contributed by atoms with Gasteiger partial charge in [0.05, 0.1) is 29.1 Å². The highest BCUT2D eigenvalue weighted by atomic mass is 19.4. The fourth-order valence-corrected chi connectivity index (χ4v) is 3.65. The van der Waals surface area contributed by atoms with Gasteiger partial charge in [0, 0.05) is 12.7 Å². The summed E-state index contributed by atoms with van der Waals surface area (Å²) in [4.78, 5) is 41.7. The van der Waals surface area contributed by atoms with Gasteiger partial charge in [-0.15, -0.1) is 0 Å². The molecule has 2 aromatic rings. The summed E-state index contributed by atoms with van der Waals surface area (Å²) in [5.41, 5.74) is 3.90. The third kappa shape index (κ3) is 5.04. The number of nitrogens with two attached hydrogens (primary N) is 1. The quantitative estimate of drug-likeness (QED) is 0.551. The number of primary amides is 1. The monoisotopic (exact) mass is 452 g/mol. The molecule has 0 bridgehead atoms. The number of hydrogen-bond donors (Lipinski definition) is 2. The molecule has 11 heteroatoms. The van der Waals surface area contributed by atoms with Gasteiger partial charge in [-0.3, -0.25) is 19.4 Å². The first-order valence-electron chi connectivity index (χ1n) is 9.70. The molecule has 2 atom stereocenters. The van der Waals surface area contributed by atoms with E-state index >= 15 is 0 Å². The second-order valence-electron chi connectivity index (χ2n) is 7.67. The van der Waals surface area contributed by atoms with Gasteiger partial charge in [0.15, 0.2) is 0 Å². The number of anilines is 1. The van der Waals surface area contributed by atoms with Crippen LogP contribution in [0.3, 0.4) is 0 Å². The van der Waals surface area contributed by atoms with Crippen molar-refractivity contribution in [3.8, 4) is 0 Å². The molecule has 1 aromatic carbocycles. The number of pyridine rings is 1. The summed E-state index contributed by atoms with van der Waals surface area (Å²) in [6.45, 7) is 1.98. The van der Waals surface area contributed by atoms with Gasteiger partial charge >= 0.3 is 18.0 Å². The first-order chi connectivity index (χ1) is 15.0. The van der Waals surface area contributed by atoms with E-state index in [1.54, 1.807) is 0 Å². The molecule has 0 aliphatic carbocycles. The zero-order chi connectivity index (χ0) is 23.6. The number of rotatable bonds is 3. The topological polar surface area (TPSA) is 105 Å². The van der Waals surface area contributed by atoms with Crippen molar-refractivity contribution >= 4 is 23.4 Å². The van der Waals surface area contributed by atoms with Crippen LogP contribution in [0, 0.1) is 11.7 Å². The van der Waals surface area contributed by atoms with Crippen LogP contribution in [0.5, 0.6) is 0 Å². The second kappa shape index (κ2) is 8.93. The number of piperidine rings is 1. The first-order valence-corrected chi connectivity index (χ1v) is 9.70. The molecule has 3 N–H and O–H groups in total. The Bertz CT molecular complexity index is 1060. The summed E-state index contributed by atoms with van der Waals surface area (Å²) < 4.78 is 53.2. The molecule has 1 aliphatic heterocycles. The molecule has 1 fully saturated rings. The number of amides is 3. The molecule has 2 heterocycles. The number of benzene rings is 1. The molecule has 0 spiro atoms. The molecule has 3 amide bonds. The van der Waals surface area contributed by atoms with Crippen molar-refractivity contribution in [2.24, 2.45) is 11.7 Å². The Morgan fingerprint density at radius 3 is 2.53 bits per heavy atom. The van der Waals surface area contributed by atoms with E-state index in [0.717, 1.165) is 0 Å². The van der Waals surface area contributed by atoms with Crippen molar-refractivity contribution in [2.75, 3.05) is 11.9 Å². The summed E-state index contributed by atoms with van der Waals surface area (Å²) >= 11 is 0. The Labute approximate surface area is 180 Å². The molecule has 7 nitrogen and oxygen atoms in total. The Morgan fingerprint density at radius 2 is 1.88 bits per heavy atom. The van der Waals surface area contributed by atoms with Crippen LogP contribution in [0.15, 0.2) is 36.7 Å². The Morgan fingerprint density at radius 1 is 1.16 bits per heavy atom. The van der Waals surface area contributed by atoms with Crippen LogP contribution in [-0.2, 0) is 15.8 Å². The number of aromatic nitrogens is 1. The number of alkyl halides is 3. The van der Waals surface area contributed by atoms with Crippen LogP contribution in [0.25, 0.3) is 0 Å². The lowest BCUT2D eigenvalue weighted by Gasteiger charge is -2.38. The minimum absolute atomic E-state index is 0.00499. The average molecular weight is 452 g/mol. The zero-order valence-corrected chi connectivity index (χ0v) is 16.9. The molecular formula is C21H20F4N4O3. The lowest BCUT2D eigenvalue weighted by Crippen LogP contribution is -2.46. The summed E-state index contributed by atoms with van der Waals surface area (Å²) in [5.74, 6) is -4.20. The molecule has 0 radical (unpaired) electrons. The highest BCUT2D eigenvalue weighted by Crippen LogP contribution is 2.38. The van der Waals surface area contributed by atoms with Crippen molar-refractivity contribution in [3.05, 3.63) is 59.2 Å². The van der Waals surface area contributed by atoms with Gasteiger partial charge in [-0.1, -0.05) is 13.0 Å². The maximum Gasteiger partial charge on any atom is 0.419 e. The smallest absolute Gasteiger partial charge is 0.366 e. The summed E-state index contributed by atoms with van der Waals surface area (Å²) in [6.07, 6.45) is -1.58. The highest BCUT2D eigenvalue weighted by molar-refractivity contribution is 6.39. The number of nitrogens with zero attached hydrogens (tertiary/aromatic N) is 2. The standard InChI is InChI=1S/C21H20F4N4O3/c1-11-2-5-17(12-3-4-16(22)15(7-12)21(23,24)25)29(10-11)20(32)19(31)28-14-6-13(18(26)30)8-27-9-14/h3-4,6-9,11,17H,2,5,10H2,1H3,(H2,26,30)(H,28,31)/t11-,17+/m1/s1. The molecule has 1 aliphatic rings. The number of nitrogens with one attached hydrogen (secondary N) is 1. The average Bonchev–Trinajstić information content (AvgIpc) is 2.73. The third-order valence-corrected chi connectivity index (χ3v) is 5.23. The predicted molar refractivity (Wildman–Crippen MR) is 106 cm³/mol. The third-order valence-electron chi connectivity index (χ3n) is 5.23. The SMILES string of the molecule is C[C@@H]1CC[C@@H](c2ccc(F)c(C(F)(F)F)c2)N(C(=O)C(=O)Nc2cncc(C(N)=O)c2)C1. The highest BCUT2D eigenvalue weighted by Gasteiger charge is 2.38. The van der Waals surface area contributed by atoms with E-state index in [-0.39, 0.29) is 29.3 Å². The van der Waals surface area contributed by atoms with Crippen LogP contribution in [-0.4, -0.2) is 34.2 Å². The van der Waals surface area contributed by atoms with E-state index in [9.17, 15) is 31.9 Å². The summed E-state index contributed by atoms with van der Waals surface area (Å²) in [5, 5.41) is 2.33. The van der Waals surface area contributed by atoms with E-state index in [1.165, 1.54) is 29.4 Å². The van der Waals surface area contributed by atoms with Gasteiger partial charge in [-0.05, 0) is 42.5 Å². The van der Waals surface area contributed by atoms with Gasteiger partial charge in [-0.25, -0.2) is 4.39 Å². The molecule has 3 rings (SSSR count). The number of halogens is 4. The normalized spacial score (nSPS) is 18.8. The van der Waals surface area contributed by atoms with Crippen molar-refractivity contribution in [2.45, 2.75) is 32.0 Å².